The average molecular weight is 264 g/mol. The second-order valence-corrected chi connectivity index (χ2v) is 5.39. The zero-order chi connectivity index (χ0) is 13.1. The zero-order valence-corrected chi connectivity index (χ0v) is 11.8. The SMILES string of the molecule is CN(C)C1CCCN(c2cccc(C(N)=S)n2)C1. The summed E-state index contributed by atoms with van der Waals surface area (Å²) in [5, 5.41) is 0. The number of nitrogens with two attached hydrogens (primary N) is 1. The van der Waals surface area contributed by atoms with Gasteiger partial charge in [-0.2, -0.15) is 0 Å². The van der Waals surface area contributed by atoms with Crippen molar-refractivity contribution in [3.8, 4) is 0 Å². The Balaban J connectivity index is 2.15. The molecular weight excluding hydrogens is 244 g/mol. The molecule has 4 nitrogen and oxygen atoms in total. The van der Waals surface area contributed by atoms with Crippen molar-refractivity contribution in [1.82, 2.24) is 9.88 Å². The predicted molar refractivity (Wildman–Crippen MR) is 79.0 cm³/mol. The van der Waals surface area contributed by atoms with Crippen molar-refractivity contribution in [2.24, 2.45) is 5.73 Å². The third-order valence-corrected chi connectivity index (χ3v) is 3.65. The largest absolute Gasteiger partial charge is 0.388 e. The summed E-state index contributed by atoms with van der Waals surface area (Å²) in [7, 11) is 4.26. The van der Waals surface area contributed by atoms with Crippen LogP contribution in [0.3, 0.4) is 0 Å². The molecule has 1 aliphatic rings. The van der Waals surface area contributed by atoms with Crippen molar-refractivity contribution in [2.45, 2.75) is 18.9 Å². The molecule has 5 heteroatoms. The molecule has 0 bridgehead atoms. The van der Waals surface area contributed by atoms with Crippen LogP contribution in [-0.4, -0.2) is 48.1 Å². The first-order valence-electron chi connectivity index (χ1n) is 6.26. The lowest BCUT2D eigenvalue weighted by atomic mass is 10.0. The van der Waals surface area contributed by atoms with Gasteiger partial charge in [0.05, 0.1) is 5.69 Å². The number of hydrogen-bond acceptors (Lipinski definition) is 4. The maximum atomic E-state index is 5.63. The van der Waals surface area contributed by atoms with E-state index in [0.717, 1.165) is 18.9 Å². The van der Waals surface area contributed by atoms with E-state index < -0.39 is 0 Å². The van der Waals surface area contributed by atoms with Gasteiger partial charge in [-0.3, -0.25) is 0 Å². The van der Waals surface area contributed by atoms with Crippen molar-refractivity contribution in [2.75, 3.05) is 32.1 Å². The number of pyridine rings is 1. The number of rotatable bonds is 3. The maximum absolute atomic E-state index is 5.63. The number of likely N-dealkylation sites (N-methyl/N-ethyl adjacent to an activating group) is 1. The van der Waals surface area contributed by atoms with Crippen LogP contribution >= 0.6 is 12.2 Å². The molecule has 1 atom stereocenters. The third kappa shape index (κ3) is 2.97. The van der Waals surface area contributed by atoms with Crippen molar-refractivity contribution in [1.29, 1.82) is 0 Å². The Labute approximate surface area is 114 Å². The minimum Gasteiger partial charge on any atom is -0.388 e. The quantitative estimate of drug-likeness (QED) is 0.832. The second-order valence-electron chi connectivity index (χ2n) is 4.95. The van der Waals surface area contributed by atoms with Crippen LogP contribution in [0.2, 0.25) is 0 Å². The Morgan fingerprint density at radius 3 is 2.94 bits per heavy atom. The normalized spacial score (nSPS) is 20.2. The molecule has 2 rings (SSSR count). The van der Waals surface area contributed by atoms with Crippen molar-refractivity contribution >= 4 is 23.0 Å². The monoisotopic (exact) mass is 264 g/mol. The van der Waals surface area contributed by atoms with Crippen molar-refractivity contribution in [3.05, 3.63) is 23.9 Å². The predicted octanol–water partition coefficient (Wildman–Crippen LogP) is 1.25. The van der Waals surface area contributed by atoms with Crippen LogP contribution in [0.25, 0.3) is 0 Å². The lowest BCUT2D eigenvalue weighted by Crippen LogP contribution is -2.45. The summed E-state index contributed by atoms with van der Waals surface area (Å²) in [6.07, 6.45) is 2.44. The number of piperidine rings is 1. The Kier molecular flexibility index (Phi) is 4.14. The summed E-state index contributed by atoms with van der Waals surface area (Å²) in [5.41, 5.74) is 6.33. The van der Waals surface area contributed by atoms with E-state index in [-0.39, 0.29) is 0 Å². The summed E-state index contributed by atoms with van der Waals surface area (Å²) in [5.74, 6) is 0.979. The van der Waals surface area contributed by atoms with Crippen LogP contribution in [0.1, 0.15) is 18.5 Å². The molecule has 1 aliphatic heterocycles. The number of anilines is 1. The van der Waals surface area contributed by atoms with Gasteiger partial charge in [-0.05, 0) is 39.1 Å². The molecule has 0 aromatic carbocycles. The topological polar surface area (TPSA) is 45.4 Å². The van der Waals surface area contributed by atoms with E-state index >= 15 is 0 Å². The number of nitrogens with zero attached hydrogens (tertiary/aromatic N) is 3. The summed E-state index contributed by atoms with van der Waals surface area (Å²) in [4.78, 5) is 9.49. The van der Waals surface area contributed by atoms with Gasteiger partial charge in [-0.15, -0.1) is 0 Å². The van der Waals surface area contributed by atoms with E-state index in [1.807, 2.05) is 18.2 Å². The van der Waals surface area contributed by atoms with Crippen LogP contribution in [0.4, 0.5) is 5.82 Å². The molecule has 1 unspecified atom stereocenters. The first-order valence-corrected chi connectivity index (χ1v) is 6.67. The summed E-state index contributed by atoms with van der Waals surface area (Å²) in [6.45, 7) is 2.07. The highest BCUT2D eigenvalue weighted by Crippen LogP contribution is 2.20. The molecule has 18 heavy (non-hydrogen) atoms. The van der Waals surface area contributed by atoms with E-state index in [1.165, 1.54) is 12.8 Å². The molecule has 1 aromatic heterocycles. The van der Waals surface area contributed by atoms with Gasteiger partial charge in [0.2, 0.25) is 0 Å². The van der Waals surface area contributed by atoms with Crippen molar-refractivity contribution < 1.29 is 0 Å². The highest BCUT2D eigenvalue weighted by molar-refractivity contribution is 7.80. The standard InChI is InChI=1S/C13H20N4S/c1-16(2)10-5-4-8-17(9-10)12-7-3-6-11(15-12)13(14)18/h3,6-7,10H,4-5,8-9H2,1-2H3,(H2,14,18). The van der Waals surface area contributed by atoms with Gasteiger partial charge in [0.25, 0.3) is 0 Å². The Morgan fingerprint density at radius 1 is 1.50 bits per heavy atom. The molecular formula is C13H20N4S. The number of aromatic nitrogens is 1. The van der Waals surface area contributed by atoms with Gasteiger partial charge in [-0.1, -0.05) is 18.3 Å². The Bertz CT molecular complexity index is 433. The smallest absolute Gasteiger partial charge is 0.129 e. The fourth-order valence-corrected chi connectivity index (χ4v) is 2.43. The van der Waals surface area contributed by atoms with Crippen molar-refractivity contribution in [3.63, 3.8) is 0 Å². The first kappa shape index (κ1) is 13.2. The van der Waals surface area contributed by atoms with E-state index in [1.54, 1.807) is 0 Å². The minimum atomic E-state index is 0.359. The summed E-state index contributed by atoms with van der Waals surface area (Å²) >= 11 is 4.98. The lowest BCUT2D eigenvalue weighted by molar-refractivity contribution is 0.257. The third-order valence-electron chi connectivity index (χ3n) is 3.44. The Morgan fingerprint density at radius 2 is 2.28 bits per heavy atom. The molecule has 1 fully saturated rings. The Hall–Kier alpha value is -1.20. The highest BCUT2D eigenvalue weighted by atomic mass is 32.1. The van der Waals surface area contributed by atoms with Crippen LogP contribution in [0, 0.1) is 0 Å². The molecule has 98 valence electrons. The van der Waals surface area contributed by atoms with E-state index in [9.17, 15) is 0 Å². The number of thiocarbonyl (C=S) groups is 1. The summed E-state index contributed by atoms with van der Waals surface area (Å²) < 4.78 is 0. The molecule has 0 spiro atoms. The first-order chi connectivity index (χ1) is 8.58. The molecule has 0 radical (unpaired) electrons. The molecule has 2 N–H and O–H groups in total. The summed E-state index contributed by atoms with van der Waals surface area (Å²) in [6, 6.07) is 6.45. The minimum absolute atomic E-state index is 0.359. The fourth-order valence-electron chi connectivity index (χ4n) is 2.32. The zero-order valence-electron chi connectivity index (χ0n) is 11.0. The molecule has 2 heterocycles. The molecule has 1 saturated heterocycles. The van der Waals surface area contributed by atoms with Gasteiger partial charge in [0.1, 0.15) is 10.8 Å². The maximum Gasteiger partial charge on any atom is 0.129 e. The number of hydrogen-bond donors (Lipinski definition) is 1. The lowest BCUT2D eigenvalue weighted by Gasteiger charge is -2.36. The average Bonchev–Trinajstić information content (AvgIpc) is 2.39. The van der Waals surface area contributed by atoms with Gasteiger partial charge >= 0.3 is 0 Å². The van der Waals surface area contributed by atoms with E-state index in [4.69, 9.17) is 18.0 Å². The second kappa shape index (κ2) is 5.63. The van der Waals surface area contributed by atoms with Gasteiger partial charge in [-0.25, -0.2) is 4.98 Å². The van der Waals surface area contributed by atoms with Crippen LogP contribution in [-0.2, 0) is 0 Å². The molecule has 1 aromatic rings. The van der Waals surface area contributed by atoms with E-state index in [0.29, 0.717) is 16.7 Å². The van der Waals surface area contributed by atoms with E-state index in [2.05, 4.69) is 28.9 Å². The van der Waals surface area contributed by atoms with Crippen LogP contribution in [0.15, 0.2) is 18.2 Å². The molecule has 0 amide bonds. The van der Waals surface area contributed by atoms with Crippen LogP contribution < -0.4 is 10.6 Å². The van der Waals surface area contributed by atoms with Gasteiger partial charge in [0.15, 0.2) is 0 Å². The molecule has 0 aliphatic carbocycles. The van der Waals surface area contributed by atoms with Gasteiger partial charge < -0.3 is 15.5 Å². The fraction of sp³-hybridized carbons (Fsp3) is 0.538. The highest BCUT2D eigenvalue weighted by Gasteiger charge is 2.22. The molecule has 0 saturated carbocycles. The van der Waals surface area contributed by atoms with Crippen LogP contribution in [0.5, 0.6) is 0 Å². The van der Waals surface area contributed by atoms with Gasteiger partial charge in [0, 0.05) is 19.1 Å².